The number of nitrogens with zero attached hydrogens (tertiary/aromatic N) is 2. The van der Waals surface area contributed by atoms with E-state index in [0.717, 1.165) is 45.5 Å². The van der Waals surface area contributed by atoms with Crippen molar-refractivity contribution < 1.29 is 14.6 Å². The van der Waals surface area contributed by atoms with Crippen LogP contribution in [0.1, 0.15) is 34.7 Å². The summed E-state index contributed by atoms with van der Waals surface area (Å²) in [5, 5.41) is 10.7. The summed E-state index contributed by atoms with van der Waals surface area (Å²) in [5.74, 6) is 1.08. The van der Waals surface area contributed by atoms with Gasteiger partial charge >= 0.3 is 0 Å². The molecular weight excluding hydrogens is 552 g/mol. The van der Waals surface area contributed by atoms with Crippen molar-refractivity contribution in [3.63, 3.8) is 0 Å². The third-order valence-corrected chi connectivity index (χ3v) is 8.32. The van der Waals surface area contributed by atoms with Crippen LogP contribution in [0.2, 0.25) is 0 Å². The normalized spacial score (nSPS) is 16.5. The van der Waals surface area contributed by atoms with E-state index >= 15 is 0 Å². The van der Waals surface area contributed by atoms with Gasteiger partial charge in [0.1, 0.15) is 5.75 Å². The number of aryl methyl sites for hydroxylation is 1. The molecule has 3 aromatic carbocycles. The molecule has 37 heavy (non-hydrogen) atoms. The number of phenolic OH excluding ortho intramolecular Hbond substituents is 1. The molecule has 2 heterocycles. The standard InChI is InChI=1S/C29H23BrN2O4S/c1-35-20-10-7-17(8-11-20)26-22-12-9-16-5-3-4-6-21(16)25(22)31-29-32(26)28(34)24(37-29)14-18-13-19(30)15-23(36-2)27(18)33/h3-8,10-11,13-15,26,33H,9,12H2,1-2H3. The van der Waals surface area contributed by atoms with E-state index in [-0.39, 0.29) is 17.4 Å². The first-order valence-corrected chi connectivity index (χ1v) is 13.4. The zero-order chi connectivity index (χ0) is 25.7. The van der Waals surface area contributed by atoms with Crippen LogP contribution < -0.4 is 24.4 Å². The van der Waals surface area contributed by atoms with Crippen LogP contribution in [0.15, 0.2) is 80.5 Å². The van der Waals surface area contributed by atoms with Gasteiger partial charge in [-0.05, 0) is 59.9 Å². The highest BCUT2D eigenvalue weighted by Gasteiger charge is 2.32. The maximum atomic E-state index is 13.9. The lowest BCUT2D eigenvalue weighted by Crippen LogP contribution is -2.38. The molecule has 2 aliphatic rings. The van der Waals surface area contributed by atoms with Gasteiger partial charge in [-0.2, -0.15) is 0 Å². The SMILES string of the molecule is COc1ccc(C2C3=C(N=c4sc(=Cc5cc(Br)cc(OC)c5O)c(=O)n42)c2ccccc2CC3)cc1. The minimum Gasteiger partial charge on any atom is -0.504 e. The van der Waals surface area contributed by atoms with E-state index in [9.17, 15) is 9.90 Å². The minimum atomic E-state index is -0.279. The molecule has 0 saturated heterocycles. The molecule has 0 fully saturated rings. The molecule has 1 N–H and O–H groups in total. The summed E-state index contributed by atoms with van der Waals surface area (Å²) < 4.78 is 13.7. The molecular formula is C29H23BrN2O4S. The van der Waals surface area contributed by atoms with Crippen LogP contribution in [0, 0.1) is 0 Å². The molecule has 186 valence electrons. The smallest absolute Gasteiger partial charge is 0.271 e. The lowest BCUT2D eigenvalue weighted by Gasteiger charge is -2.30. The molecule has 4 aromatic rings. The largest absolute Gasteiger partial charge is 0.504 e. The molecule has 0 radical (unpaired) electrons. The van der Waals surface area contributed by atoms with Gasteiger partial charge in [0, 0.05) is 15.6 Å². The fourth-order valence-corrected chi connectivity index (χ4v) is 6.56. The van der Waals surface area contributed by atoms with Crippen LogP contribution in [0.4, 0.5) is 0 Å². The second-order valence-electron chi connectivity index (χ2n) is 8.93. The third kappa shape index (κ3) is 4.01. The van der Waals surface area contributed by atoms with Crippen LogP contribution >= 0.6 is 27.3 Å². The summed E-state index contributed by atoms with van der Waals surface area (Å²) in [6.07, 6.45) is 3.42. The first-order valence-electron chi connectivity index (χ1n) is 11.8. The Morgan fingerprint density at radius 3 is 2.62 bits per heavy atom. The number of hydrogen-bond acceptors (Lipinski definition) is 6. The number of fused-ring (bicyclic) bond motifs is 3. The lowest BCUT2D eigenvalue weighted by atomic mass is 9.83. The number of hydrogen-bond donors (Lipinski definition) is 1. The van der Waals surface area contributed by atoms with Crippen molar-refractivity contribution in [2.75, 3.05) is 14.2 Å². The van der Waals surface area contributed by atoms with Crippen molar-refractivity contribution in [2.24, 2.45) is 4.99 Å². The van der Waals surface area contributed by atoms with Gasteiger partial charge in [-0.25, -0.2) is 4.99 Å². The highest BCUT2D eigenvalue weighted by molar-refractivity contribution is 9.10. The quantitative estimate of drug-likeness (QED) is 0.380. The topological polar surface area (TPSA) is 73.1 Å². The number of halogens is 1. The summed E-state index contributed by atoms with van der Waals surface area (Å²) in [5.41, 5.74) is 5.82. The van der Waals surface area contributed by atoms with Crippen LogP contribution in [0.5, 0.6) is 17.2 Å². The summed E-state index contributed by atoms with van der Waals surface area (Å²) in [4.78, 5) is 19.6. The Bertz CT molecular complexity index is 1750. The average Bonchev–Trinajstić information content (AvgIpc) is 3.23. The average molecular weight is 575 g/mol. The number of allylic oxidation sites excluding steroid dienone is 1. The number of ether oxygens (including phenoxy) is 2. The predicted molar refractivity (Wildman–Crippen MR) is 148 cm³/mol. The first-order chi connectivity index (χ1) is 18.0. The Morgan fingerprint density at radius 2 is 1.86 bits per heavy atom. The summed E-state index contributed by atoms with van der Waals surface area (Å²) in [6.45, 7) is 0. The van der Waals surface area contributed by atoms with Crippen molar-refractivity contribution in [3.05, 3.63) is 113 Å². The summed E-state index contributed by atoms with van der Waals surface area (Å²) >= 11 is 4.78. The number of aromatic hydroxyl groups is 1. The molecule has 6 nitrogen and oxygen atoms in total. The molecule has 0 saturated carbocycles. The van der Waals surface area contributed by atoms with Crippen molar-refractivity contribution in [3.8, 4) is 17.2 Å². The van der Waals surface area contributed by atoms with Gasteiger partial charge in [0.2, 0.25) is 0 Å². The van der Waals surface area contributed by atoms with Gasteiger partial charge in [0.15, 0.2) is 16.3 Å². The van der Waals surface area contributed by atoms with Crippen LogP contribution in [-0.2, 0) is 6.42 Å². The number of benzene rings is 3. The summed E-state index contributed by atoms with van der Waals surface area (Å²) in [7, 11) is 3.14. The zero-order valence-corrected chi connectivity index (χ0v) is 22.6. The number of methoxy groups -OCH3 is 2. The molecule has 1 aliphatic carbocycles. The Morgan fingerprint density at radius 1 is 1.08 bits per heavy atom. The van der Waals surface area contributed by atoms with Crippen molar-refractivity contribution in [1.29, 1.82) is 0 Å². The molecule has 1 aromatic heterocycles. The van der Waals surface area contributed by atoms with Gasteiger partial charge in [0.05, 0.1) is 30.5 Å². The van der Waals surface area contributed by atoms with Gasteiger partial charge in [-0.3, -0.25) is 9.36 Å². The Hall–Kier alpha value is -3.62. The van der Waals surface area contributed by atoms with Gasteiger partial charge < -0.3 is 14.6 Å². The van der Waals surface area contributed by atoms with E-state index in [1.807, 2.05) is 30.3 Å². The molecule has 8 heteroatoms. The number of rotatable bonds is 4. The molecule has 1 unspecified atom stereocenters. The van der Waals surface area contributed by atoms with Crippen molar-refractivity contribution in [1.82, 2.24) is 4.57 Å². The van der Waals surface area contributed by atoms with Crippen LogP contribution in [0.3, 0.4) is 0 Å². The molecule has 1 aliphatic heterocycles. The van der Waals surface area contributed by atoms with E-state index in [0.29, 0.717) is 20.6 Å². The van der Waals surface area contributed by atoms with Crippen molar-refractivity contribution >= 4 is 39.0 Å². The Kier molecular flexibility index (Phi) is 6.01. The predicted octanol–water partition coefficient (Wildman–Crippen LogP) is 4.80. The van der Waals surface area contributed by atoms with E-state index in [1.54, 1.807) is 29.9 Å². The maximum Gasteiger partial charge on any atom is 0.271 e. The molecule has 1 atom stereocenters. The molecule has 0 bridgehead atoms. The highest BCUT2D eigenvalue weighted by Crippen LogP contribution is 2.41. The first kappa shape index (κ1) is 23.8. The highest BCUT2D eigenvalue weighted by atomic mass is 79.9. The van der Waals surface area contributed by atoms with E-state index in [1.165, 1.54) is 24.0 Å². The van der Waals surface area contributed by atoms with Crippen LogP contribution in [-0.4, -0.2) is 23.9 Å². The number of aromatic nitrogens is 1. The second kappa shape index (κ2) is 9.36. The van der Waals surface area contributed by atoms with Gasteiger partial charge in [0.25, 0.3) is 5.56 Å². The lowest BCUT2D eigenvalue weighted by molar-refractivity contribution is 0.372. The fourth-order valence-electron chi connectivity index (χ4n) is 5.11. The number of thiazole rings is 1. The van der Waals surface area contributed by atoms with E-state index in [2.05, 4.69) is 34.1 Å². The zero-order valence-electron chi connectivity index (χ0n) is 20.2. The minimum absolute atomic E-state index is 0.0172. The Balaban J connectivity index is 1.61. The fraction of sp³-hybridized carbons (Fsp3) is 0.172. The van der Waals surface area contributed by atoms with Crippen molar-refractivity contribution in [2.45, 2.75) is 18.9 Å². The monoisotopic (exact) mass is 574 g/mol. The van der Waals surface area contributed by atoms with Gasteiger partial charge in [-0.1, -0.05) is 63.7 Å². The van der Waals surface area contributed by atoms with E-state index in [4.69, 9.17) is 14.5 Å². The Labute approximate surface area is 225 Å². The molecule has 0 amide bonds. The van der Waals surface area contributed by atoms with Gasteiger partial charge in [-0.15, -0.1) is 0 Å². The maximum absolute atomic E-state index is 13.9. The summed E-state index contributed by atoms with van der Waals surface area (Å²) in [6, 6.07) is 19.4. The van der Waals surface area contributed by atoms with E-state index < -0.39 is 0 Å². The van der Waals surface area contributed by atoms with Crippen LogP contribution in [0.25, 0.3) is 11.8 Å². The number of phenols is 1. The molecule has 0 spiro atoms. The third-order valence-electron chi connectivity index (χ3n) is 6.88. The molecule has 6 rings (SSSR count). The second-order valence-corrected chi connectivity index (χ2v) is 10.9.